The van der Waals surface area contributed by atoms with Crippen molar-refractivity contribution >= 4 is 17.4 Å². The predicted octanol–water partition coefficient (Wildman–Crippen LogP) is 3.26. The Morgan fingerprint density at radius 3 is 2.74 bits per heavy atom. The van der Waals surface area contributed by atoms with Crippen LogP contribution in [0.2, 0.25) is 0 Å². The summed E-state index contributed by atoms with van der Waals surface area (Å²) in [7, 11) is 0. The van der Waals surface area contributed by atoms with Crippen molar-refractivity contribution in [3.8, 4) is 0 Å². The van der Waals surface area contributed by atoms with E-state index in [1.165, 1.54) is 5.56 Å². The molecule has 0 bridgehead atoms. The molecule has 100 valence electrons. The van der Waals surface area contributed by atoms with E-state index in [1.54, 1.807) is 11.3 Å². The van der Waals surface area contributed by atoms with E-state index in [9.17, 15) is 5.11 Å². The molecule has 0 saturated heterocycles. The lowest BCUT2D eigenvalue weighted by Gasteiger charge is -2.22. The number of hydrogen-bond donors (Lipinski definition) is 2. The summed E-state index contributed by atoms with van der Waals surface area (Å²) in [6.45, 7) is 3.13. The van der Waals surface area contributed by atoms with Crippen molar-refractivity contribution in [2.24, 2.45) is 0 Å². The van der Waals surface area contributed by atoms with Gasteiger partial charge in [-0.2, -0.15) is 11.3 Å². The van der Waals surface area contributed by atoms with Gasteiger partial charge in [-0.3, -0.25) is 0 Å². The normalized spacial score (nSPS) is 14.6. The molecular weight excluding hydrogens is 254 g/mol. The average Bonchev–Trinajstić information content (AvgIpc) is 2.94. The second-order valence-corrected chi connectivity index (χ2v) is 5.51. The molecule has 1 atom stereocenters. The molecule has 0 aliphatic carbocycles. The molecular formula is C16H19NOS. The zero-order chi connectivity index (χ0) is 13.6. The molecule has 0 saturated carbocycles. The third kappa shape index (κ3) is 4.31. The van der Waals surface area contributed by atoms with E-state index in [2.05, 4.69) is 29.6 Å². The fourth-order valence-corrected chi connectivity index (χ4v) is 2.61. The van der Waals surface area contributed by atoms with Crippen molar-refractivity contribution in [2.45, 2.75) is 12.5 Å². The van der Waals surface area contributed by atoms with Crippen LogP contribution in [0.3, 0.4) is 0 Å². The first-order valence-corrected chi connectivity index (χ1v) is 7.30. The van der Waals surface area contributed by atoms with E-state index in [4.69, 9.17) is 0 Å². The molecule has 1 unspecified atom stereocenters. The van der Waals surface area contributed by atoms with Crippen molar-refractivity contribution in [2.75, 3.05) is 13.1 Å². The minimum atomic E-state index is -0.805. The number of hydrogen-bond acceptors (Lipinski definition) is 3. The van der Waals surface area contributed by atoms with Gasteiger partial charge in [0.25, 0.3) is 0 Å². The first-order chi connectivity index (χ1) is 9.18. The summed E-state index contributed by atoms with van der Waals surface area (Å²) in [5.41, 5.74) is 1.35. The predicted molar refractivity (Wildman–Crippen MR) is 82.2 cm³/mol. The summed E-state index contributed by atoms with van der Waals surface area (Å²) in [4.78, 5) is 0. The van der Waals surface area contributed by atoms with E-state index in [0.29, 0.717) is 6.54 Å². The van der Waals surface area contributed by atoms with E-state index in [-0.39, 0.29) is 0 Å². The van der Waals surface area contributed by atoms with Gasteiger partial charge in [-0.25, -0.2) is 0 Å². The SMILES string of the molecule is CC(O)(CNC/C=C/c1ccccc1)c1ccsc1. The van der Waals surface area contributed by atoms with Crippen LogP contribution in [-0.2, 0) is 5.60 Å². The highest BCUT2D eigenvalue weighted by atomic mass is 32.1. The van der Waals surface area contributed by atoms with Crippen LogP contribution in [0.1, 0.15) is 18.1 Å². The van der Waals surface area contributed by atoms with E-state index < -0.39 is 5.60 Å². The van der Waals surface area contributed by atoms with E-state index in [1.807, 2.05) is 41.9 Å². The molecule has 19 heavy (non-hydrogen) atoms. The molecule has 2 nitrogen and oxygen atoms in total. The van der Waals surface area contributed by atoms with Crippen molar-refractivity contribution in [1.82, 2.24) is 5.32 Å². The van der Waals surface area contributed by atoms with Crippen molar-refractivity contribution in [3.63, 3.8) is 0 Å². The van der Waals surface area contributed by atoms with Crippen LogP contribution >= 0.6 is 11.3 Å². The molecule has 2 N–H and O–H groups in total. The Hall–Kier alpha value is -1.42. The van der Waals surface area contributed by atoms with Crippen LogP contribution < -0.4 is 5.32 Å². The topological polar surface area (TPSA) is 32.3 Å². The lowest BCUT2D eigenvalue weighted by atomic mass is 9.99. The van der Waals surface area contributed by atoms with Gasteiger partial charge in [0.05, 0.1) is 5.60 Å². The van der Waals surface area contributed by atoms with Crippen LogP contribution in [0.4, 0.5) is 0 Å². The summed E-state index contributed by atoms with van der Waals surface area (Å²) in [6.07, 6.45) is 4.14. The Morgan fingerprint density at radius 1 is 1.26 bits per heavy atom. The molecule has 1 heterocycles. The monoisotopic (exact) mass is 273 g/mol. The minimum absolute atomic E-state index is 0.545. The Labute approximate surface area is 118 Å². The molecule has 0 radical (unpaired) electrons. The molecule has 0 fully saturated rings. The Balaban J connectivity index is 1.77. The highest BCUT2D eigenvalue weighted by Gasteiger charge is 2.22. The second-order valence-electron chi connectivity index (χ2n) is 4.73. The summed E-state index contributed by atoms with van der Waals surface area (Å²) in [5, 5.41) is 17.5. The Kier molecular flexibility index (Phi) is 4.91. The first-order valence-electron chi connectivity index (χ1n) is 6.36. The van der Waals surface area contributed by atoms with Crippen LogP contribution in [0.25, 0.3) is 6.08 Å². The van der Waals surface area contributed by atoms with Gasteiger partial charge in [0.15, 0.2) is 0 Å². The second kappa shape index (κ2) is 6.66. The third-order valence-corrected chi connectivity index (χ3v) is 3.67. The third-order valence-electron chi connectivity index (χ3n) is 2.98. The number of thiophene rings is 1. The van der Waals surface area contributed by atoms with Gasteiger partial charge < -0.3 is 10.4 Å². The molecule has 1 aromatic carbocycles. The van der Waals surface area contributed by atoms with Crippen LogP contribution in [0.5, 0.6) is 0 Å². The Morgan fingerprint density at radius 2 is 2.05 bits per heavy atom. The lowest BCUT2D eigenvalue weighted by Crippen LogP contribution is -2.35. The van der Waals surface area contributed by atoms with E-state index >= 15 is 0 Å². The maximum Gasteiger partial charge on any atom is 0.1000 e. The van der Waals surface area contributed by atoms with Gasteiger partial charge in [-0.05, 0) is 34.9 Å². The smallest absolute Gasteiger partial charge is 0.1000 e. The van der Waals surface area contributed by atoms with Crippen LogP contribution in [-0.4, -0.2) is 18.2 Å². The summed E-state index contributed by atoms with van der Waals surface area (Å²) >= 11 is 1.61. The molecule has 0 aliphatic heterocycles. The zero-order valence-corrected chi connectivity index (χ0v) is 11.9. The number of benzene rings is 1. The maximum absolute atomic E-state index is 10.3. The van der Waals surface area contributed by atoms with Gasteiger partial charge in [0.1, 0.15) is 0 Å². The van der Waals surface area contributed by atoms with Gasteiger partial charge in [0, 0.05) is 13.1 Å². The van der Waals surface area contributed by atoms with Crippen molar-refractivity contribution in [1.29, 1.82) is 0 Å². The van der Waals surface area contributed by atoms with Gasteiger partial charge in [0.2, 0.25) is 0 Å². The molecule has 3 heteroatoms. The van der Waals surface area contributed by atoms with Crippen molar-refractivity contribution in [3.05, 3.63) is 64.4 Å². The first kappa shape index (κ1) is 14.0. The molecule has 1 aromatic heterocycles. The molecule has 0 spiro atoms. The lowest BCUT2D eigenvalue weighted by molar-refractivity contribution is 0.0585. The number of aliphatic hydroxyl groups is 1. The summed E-state index contributed by atoms with van der Waals surface area (Å²) < 4.78 is 0. The highest BCUT2D eigenvalue weighted by Crippen LogP contribution is 2.21. The van der Waals surface area contributed by atoms with Gasteiger partial charge >= 0.3 is 0 Å². The summed E-state index contributed by atoms with van der Waals surface area (Å²) in [6, 6.07) is 12.2. The highest BCUT2D eigenvalue weighted by molar-refractivity contribution is 7.08. The zero-order valence-electron chi connectivity index (χ0n) is 11.0. The molecule has 0 aliphatic rings. The molecule has 0 amide bonds. The quantitative estimate of drug-likeness (QED) is 0.792. The van der Waals surface area contributed by atoms with E-state index in [0.717, 1.165) is 12.1 Å². The maximum atomic E-state index is 10.3. The van der Waals surface area contributed by atoms with Crippen LogP contribution in [0, 0.1) is 0 Å². The van der Waals surface area contributed by atoms with Gasteiger partial charge in [-0.1, -0.05) is 42.5 Å². The molecule has 2 rings (SSSR count). The minimum Gasteiger partial charge on any atom is -0.384 e. The summed E-state index contributed by atoms with van der Waals surface area (Å²) in [5.74, 6) is 0. The largest absolute Gasteiger partial charge is 0.384 e. The van der Waals surface area contributed by atoms with Crippen LogP contribution in [0.15, 0.2) is 53.2 Å². The standard InChI is InChI=1S/C16H19NOS/c1-16(18,15-9-11-19-12-15)13-17-10-5-8-14-6-3-2-4-7-14/h2-9,11-12,17-18H,10,13H2,1H3/b8-5+. The Bertz CT molecular complexity index is 503. The van der Waals surface area contributed by atoms with Crippen molar-refractivity contribution < 1.29 is 5.11 Å². The average molecular weight is 273 g/mol. The fourth-order valence-electron chi connectivity index (χ4n) is 1.83. The molecule has 2 aromatic rings. The van der Waals surface area contributed by atoms with Gasteiger partial charge in [-0.15, -0.1) is 0 Å². The fraction of sp³-hybridized carbons (Fsp3) is 0.250. The number of nitrogens with one attached hydrogen (secondary N) is 1. The number of rotatable bonds is 6.